The lowest BCUT2D eigenvalue weighted by molar-refractivity contribution is 0.343. The van der Waals surface area contributed by atoms with Crippen LogP contribution >= 0.6 is 0 Å². The van der Waals surface area contributed by atoms with E-state index in [0.717, 1.165) is 5.56 Å². The van der Waals surface area contributed by atoms with Gasteiger partial charge in [-0.05, 0) is 29.2 Å². The van der Waals surface area contributed by atoms with E-state index in [1.807, 2.05) is 30.3 Å². The predicted molar refractivity (Wildman–Crippen MR) is 72.7 cm³/mol. The minimum absolute atomic E-state index is 0.0716. The van der Waals surface area contributed by atoms with Crippen LogP contribution < -0.4 is 0 Å². The summed E-state index contributed by atoms with van der Waals surface area (Å²) in [5.41, 5.74) is 4.84. The van der Waals surface area contributed by atoms with Crippen molar-refractivity contribution >= 4 is 6.08 Å². The van der Waals surface area contributed by atoms with Crippen LogP contribution in [0.4, 0.5) is 0 Å². The number of rotatable bonds is 3. The van der Waals surface area contributed by atoms with Crippen LogP contribution in [0.2, 0.25) is 0 Å². The minimum atomic E-state index is 0.0716. The monoisotopic (exact) mass is 224 g/mol. The third-order valence-corrected chi connectivity index (χ3v) is 2.77. The van der Waals surface area contributed by atoms with Gasteiger partial charge in [-0.15, -0.1) is 0 Å². The molecule has 0 atom stereocenters. The highest BCUT2D eigenvalue weighted by molar-refractivity contribution is 5.77. The first kappa shape index (κ1) is 11.6. The molecule has 0 radical (unpaired) electrons. The fourth-order valence-electron chi connectivity index (χ4n) is 2.01. The number of aliphatic hydroxyl groups excluding tert-OH is 1. The molecule has 0 bridgehead atoms. The standard InChI is InChI=1S/C16H16O/c1-13-7-5-10-15(11-6-12-17)16(13)14-8-3-2-4-9-14/h2-11,17H,12H2,1H3/b11-6-. The van der Waals surface area contributed by atoms with E-state index in [4.69, 9.17) is 5.11 Å². The van der Waals surface area contributed by atoms with Crippen LogP contribution in [0.3, 0.4) is 0 Å². The van der Waals surface area contributed by atoms with Crippen LogP contribution in [0.1, 0.15) is 11.1 Å². The summed E-state index contributed by atoms with van der Waals surface area (Å²) < 4.78 is 0. The van der Waals surface area contributed by atoms with Gasteiger partial charge in [-0.3, -0.25) is 0 Å². The van der Waals surface area contributed by atoms with Crippen molar-refractivity contribution in [3.05, 3.63) is 65.7 Å². The highest BCUT2D eigenvalue weighted by Gasteiger charge is 2.04. The molecule has 0 aliphatic carbocycles. The first-order valence-corrected chi connectivity index (χ1v) is 5.75. The second-order valence-electron chi connectivity index (χ2n) is 3.99. The zero-order valence-corrected chi connectivity index (χ0v) is 9.93. The van der Waals surface area contributed by atoms with Crippen LogP contribution in [0, 0.1) is 6.92 Å². The van der Waals surface area contributed by atoms with Crippen LogP contribution in [0.25, 0.3) is 17.2 Å². The van der Waals surface area contributed by atoms with E-state index < -0.39 is 0 Å². The lowest BCUT2D eigenvalue weighted by Gasteiger charge is -2.10. The molecule has 0 unspecified atom stereocenters. The van der Waals surface area contributed by atoms with Crippen molar-refractivity contribution in [3.63, 3.8) is 0 Å². The Hall–Kier alpha value is -1.86. The topological polar surface area (TPSA) is 20.2 Å². The molecule has 1 N–H and O–H groups in total. The second-order valence-corrected chi connectivity index (χ2v) is 3.99. The summed E-state index contributed by atoms with van der Waals surface area (Å²) in [5, 5.41) is 8.87. The Morgan fingerprint density at radius 3 is 2.47 bits per heavy atom. The number of aryl methyl sites for hydroxylation is 1. The summed E-state index contributed by atoms with van der Waals surface area (Å²) in [6.45, 7) is 2.18. The van der Waals surface area contributed by atoms with Gasteiger partial charge in [0.25, 0.3) is 0 Å². The Labute approximate surface area is 102 Å². The summed E-state index contributed by atoms with van der Waals surface area (Å²) in [6, 6.07) is 16.5. The summed E-state index contributed by atoms with van der Waals surface area (Å²) >= 11 is 0. The number of hydrogen-bond acceptors (Lipinski definition) is 1. The van der Waals surface area contributed by atoms with Gasteiger partial charge in [-0.25, -0.2) is 0 Å². The number of aliphatic hydroxyl groups is 1. The highest BCUT2D eigenvalue weighted by Crippen LogP contribution is 2.28. The molecular formula is C16H16O. The molecule has 0 aromatic heterocycles. The lowest BCUT2D eigenvalue weighted by atomic mass is 9.95. The van der Waals surface area contributed by atoms with Gasteiger partial charge >= 0.3 is 0 Å². The maximum atomic E-state index is 8.87. The molecule has 0 aliphatic heterocycles. The normalized spacial score (nSPS) is 10.9. The third-order valence-electron chi connectivity index (χ3n) is 2.77. The van der Waals surface area contributed by atoms with Crippen LogP contribution in [-0.4, -0.2) is 11.7 Å². The number of benzene rings is 2. The molecule has 0 saturated carbocycles. The maximum Gasteiger partial charge on any atom is 0.0615 e. The van der Waals surface area contributed by atoms with E-state index in [0.29, 0.717) is 0 Å². The van der Waals surface area contributed by atoms with Crippen molar-refractivity contribution in [2.24, 2.45) is 0 Å². The Balaban J connectivity index is 2.55. The zero-order valence-electron chi connectivity index (χ0n) is 9.93. The molecular weight excluding hydrogens is 208 g/mol. The SMILES string of the molecule is Cc1cccc(/C=C\CO)c1-c1ccccc1. The first-order valence-electron chi connectivity index (χ1n) is 5.75. The first-order chi connectivity index (χ1) is 8.33. The highest BCUT2D eigenvalue weighted by atomic mass is 16.2. The van der Waals surface area contributed by atoms with E-state index in [9.17, 15) is 0 Å². The molecule has 86 valence electrons. The molecule has 0 amide bonds. The van der Waals surface area contributed by atoms with Gasteiger partial charge < -0.3 is 5.11 Å². The average molecular weight is 224 g/mol. The van der Waals surface area contributed by atoms with Crippen LogP contribution in [0.15, 0.2) is 54.6 Å². The van der Waals surface area contributed by atoms with Crippen molar-refractivity contribution in [1.29, 1.82) is 0 Å². The summed E-state index contributed by atoms with van der Waals surface area (Å²) in [5.74, 6) is 0. The van der Waals surface area contributed by atoms with E-state index in [-0.39, 0.29) is 6.61 Å². The molecule has 1 heteroatoms. The Kier molecular flexibility index (Phi) is 3.73. The molecule has 0 aliphatic rings. The fourth-order valence-corrected chi connectivity index (χ4v) is 2.01. The van der Waals surface area contributed by atoms with Crippen LogP contribution in [0.5, 0.6) is 0 Å². The Morgan fingerprint density at radius 1 is 1.00 bits per heavy atom. The van der Waals surface area contributed by atoms with Gasteiger partial charge in [-0.2, -0.15) is 0 Å². The van der Waals surface area contributed by atoms with Gasteiger partial charge in [0.05, 0.1) is 6.61 Å². The summed E-state index contributed by atoms with van der Waals surface area (Å²) in [4.78, 5) is 0. The Bertz CT molecular complexity index is 512. The molecule has 0 heterocycles. The van der Waals surface area contributed by atoms with E-state index in [1.165, 1.54) is 16.7 Å². The smallest absolute Gasteiger partial charge is 0.0615 e. The summed E-state index contributed by atoms with van der Waals surface area (Å²) in [6.07, 6.45) is 3.73. The molecule has 0 spiro atoms. The molecule has 17 heavy (non-hydrogen) atoms. The zero-order chi connectivity index (χ0) is 12.1. The number of hydrogen-bond donors (Lipinski definition) is 1. The lowest BCUT2D eigenvalue weighted by Crippen LogP contribution is -1.87. The van der Waals surface area contributed by atoms with Crippen molar-refractivity contribution in [1.82, 2.24) is 0 Å². The Morgan fingerprint density at radius 2 is 1.76 bits per heavy atom. The third kappa shape index (κ3) is 2.63. The van der Waals surface area contributed by atoms with Crippen molar-refractivity contribution in [2.75, 3.05) is 6.61 Å². The van der Waals surface area contributed by atoms with Gasteiger partial charge in [0.15, 0.2) is 0 Å². The van der Waals surface area contributed by atoms with Crippen molar-refractivity contribution < 1.29 is 5.11 Å². The molecule has 2 aromatic carbocycles. The van der Waals surface area contributed by atoms with E-state index in [1.54, 1.807) is 6.08 Å². The van der Waals surface area contributed by atoms with Crippen molar-refractivity contribution in [3.8, 4) is 11.1 Å². The molecule has 2 aromatic rings. The minimum Gasteiger partial charge on any atom is -0.392 e. The largest absolute Gasteiger partial charge is 0.392 e. The van der Waals surface area contributed by atoms with E-state index in [2.05, 4.69) is 31.2 Å². The average Bonchev–Trinajstić information content (AvgIpc) is 2.37. The maximum absolute atomic E-state index is 8.87. The molecule has 0 saturated heterocycles. The van der Waals surface area contributed by atoms with Crippen LogP contribution in [-0.2, 0) is 0 Å². The molecule has 1 nitrogen and oxygen atoms in total. The fraction of sp³-hybridized carbons (Fsp3) is 0.125. The van der Waals surface area contributed by atoms with Gasteiger partial charge in [-0.1, -0.05) is 60.7 Å². The molecule has 2 rings (SSSR count). The second kappa shape index (κ2) is 5.46. The van der Waals surface area contributed by atoms with E-state index >= 15 is 0 Å². The quantitative estimate of drug-likeness (QED) is 0.843. The van der Waals surface area contributed by atoms with Gasteiger partial charge in [0.2, 0.25) is 0 Å². The van der Waals surface area contributed by atoms with Gasteiger partial charge in [0, 0.05) is 0 Å². The predicted octanol–water partition coefficient (Wildman–Crippen LogP) is 3.67. The van der Waals surface area contributed by atoms with Gasteiger partial charge in [0.1, 0.15) is 0 Å². The van der Waals surface area contributed by atoms with Crippen molar-refractivity contribution in [2.45, 2.75) is 6.92 Å². The summed E-state index contributed by atoms with van der Waals surface area (Å²) in [7, 11) is 0. The molecule has 0 fully saturated rings.